The summed E-state index contributed by atoms with van der Waals surface area (Å²) in [7, 11) is 0. The van der Waals surface area contributed by atoms with Gasteiger partial charge in [-0.25, -0.2) is 0 Å². The quantitative estimate of drug-likeness (QED) is 0.587. The molecule has 0 unspecified atom stereocenters. The molecule has 0 saturated heterocycles. The van der Waals surface area contributed by atoms with Crippen LogP contribution >= 0.6 is 0 Å². The van der Waals surface area contributed by atoms with Gasteiger partial charge in [0.15, 0.2) is 0 Å². The molecule has 4 N–H and O–H groups in total. The van der Waals surface area contributed by atoms with Crippen molar-refractivity contribution in [2.75, 3.05) is 12.3 Å². The van der Waals surface area contributed by atoms with Gasteiger partial charge in [0.1, 0.15) is 17.1 Å². The number of nitrogens with zero attached hydrogens (tertiary/aromatic N) is 2. The average Bonchev–Trinajstić information content (AvgIpc) is 2.48. The van der Waals surface area contributed by atoms with E-state index in [1.165, 1.54) is 12.1 Å². The molecule has 0 aliphatic rings. The Morgan fingerprint density at radius 2 is 1.70 bits per heavy atom. The minimum atomic E-state index is -4.51. The number of phenolic OH excluding ortho intramolecular Hbond substituents is 1. The van der Waals surface area contributed by atoms with Gasteiger partial charge < -0.3 is 15.9 Å². The molecule has 0 aliphatic heterocycles. The standard InChI is InChI=1S/C15H14F3N3O2/c16-15(17,18)10-2-3-11(19)12(8-10)20-21-13-7-9(5-6-22)1-4-14(13)23/h1-4,7-8,22-23H,5-6,19H2. The maximum atomic E-state index is 12.7. The van der Waals surface area contributed by atoms with Crippen LogP contribution in [0.25, 0.3) is 0 Å². The maximum absolute atomic E-state index is 12.7. The molecule has 122 valence electrons. The predicted octanol–water partition coefficient (Wildman–Crippen LogP) is 3.94. The Balaban J connectivity index is 2.35. The third kappa shape index (κ3) is 4.19. The Kier molecular flexibility index (Phi) is 4.85. The van der Waals surface area contributed by atoms with Crippen LogP contribution in [0.4, 0.5) is 30.2 Å². The van der Waals surface area contributed by atoms with E-state index in [9.17, 15) is 18.3 Å². The second-order valence-corrected chi connectivity index (χ2v) is 4.77. The first kappa shape index (κ1) is 16.8. The van der Waals surface area contributed by atoms with E-state index < -0.39 is 11.7 Å². The van der Waals surface area contributed by atoms with Crippen molar-refractivity contribution < 1.29 is 23.4 Å². The number of benzene rings is 2. The number of azo groups is 1. The van der Waals surface area contributed by atoms with E-state index in [0.717, 1.165) is 18.2 Å². The summed E-state index contributed by atoms with van der Waals surface area (Å²) in [4.78, 5) is 0. The van der Waals surface area contributed by atoms with Gasteiger partial charge in [-0.3, -0.25) is 0 Å². The molecular formula is C15H14F3N3O2. The molecule has 0 amide bonds. The van der Waals surface area contributed by atoms with Crippen molar-refractivity contribution in [3.8, 4) is 5.75 Å². The van der Waals surface area contributed by atoms with Crippen LogP contribution in [0.1, 0.15) is 11.1 Å². The van der Waals surface area contributed by atoms with Crippen LogP contribution in [0.3, 0.4) is 0 Å². The van der Waals surface area contributed by atoms with Gasteiger partial charge in [-0.1, -0.05) is 6.07 Å². The summed E-state index contributed by atoms with van der Waals surface area (Å²) < 4.78 is 38.1. The van der Waals surface area contributed by atoms with Crippen LogP contribution in [0, 0.1) is 0 Å². The highest BCUT2D eigenvalue weighted by Crippen LogP contribution is 2.35. The number of aliphatic hydroxyl groups excluding tert-OH is 1. The molecule has 2 rings (SSSR count). The lowest BCUT2D eigenvalue weighted by atomic mass is 10.1. The first-order valence-corrected chi connectivity index (χ1v) is 6.62. The highest BCUT2D eigenvalue weighted by molar-refractivity contribution is 5.64. The number of hydrogen-bond donors (Lipinski definition) is 3. The van der Waals surface area contributed by atoms with Gasteiger partial charge in [0.2, 0.25) is 0 Å². The number of rotatable bonds is 4. The van der Waals surface area contributed by atoms with Gasteiger partial charge in [0, 0.05) is 6.61 Å². The van der Waals surface area contributed by atoms with Gasteiger partial charge >= 0.3 is 6.18 Å². The van der Waals surface area contributed by atoms with E-state index in [1.54, 1.807) is 6.07 Å². The zero-order valence-corrected chi connectivity index (χ0v) is 11.9. The smallest absolute Gasteiger partial charge is 0.416 e. The zero-order valence-electron chi connectivity index (χ0n) is 11.9. The monoisotopic (exact) mass is 325 g/mol. The molecule has 0 saturated carbocycles. The lowest BCUT2D eigenvalue weighted by Crippen LogP contribution is -2.04. The first-order valence-electron chi connectivity index (χ1n) is 6.62. The Labute approximate surface area is 129 Å². The molecule has 2 aromatic carbocycles. The summed E-state index contributed by atoms with van der Waals surface area (Å²) in [5.41, 5.74) is 5.38. The van der Waals surface area contributed by atoms with E-state index in [-0.39, 0.29) is 29.4 Å². The molecule has 5 nitrogen and oxygen atoms in total. The predicted molar refractivity (Wildman–Crippen MR) is 78.9 cm³/mol. The normalized spacial score (nSPS) is 12.0. The molecule has 23 heavy (non-hydrogen) atoms. The van der Waals surface area contributed by atoms with Crippen molar-refractivity contribution in [3.05, 3.63) is 47.5 Å². The second-order valence-electron chi connectivity index (χ2n) is 4.77. The Morgan fingerprint density at radius 3 is 2.35 bits per heavy atom. The summed E-state index contributed by atoms with van der Waals surface area (Å²) in [6.07, 6.45) is -4.16. The second kappa shape index (κ2) is 6.66. The fourth-order valence-corrected chi connectivity index (χ4v) is 1.85. The number of nitrogens with two attached hydrogens (primary N) is 1. The van der Waals surface area contributed by atoms with Crippen LogP contribution in [0.2, 0.25) is 0 Å². The number of aromatic hydroxyl groups is 1. The SMILES string of the molecule is Nc1ccc(C(F)(F)F)cc1N=Nc1cc(CCO)ccc1O. The number of hydrogen-bond acceptors (Lipinski definition) is 5. The fraction of sp³-hybridized carbons (Fsp3) is 0.200. The zero-order chi connectivity index (χ0) is 17.0. The third-order valence-corrected chi connectivity index (χ3v) is 3.06. The van der Waals surface area contributed by atoms with Crippen LogP contribution in [-0.2, 0) is 12.6 Å². The number of halogens is 3. The van der Waals surface area contributed by atoms with Crippen molar-refractivity contribution >= 4 is 17.1 Å². The largest absolute Gasteiger partial charge is 0.506 e. The highest BCUT2D eigenvalue weighted by atomic mass is 19.4. The number of nitrogen functional groups attached to an aromatic ring is 1. The van der Waals surface area contributed by atoms with Gasteiger partial charge in [0.25, 0.3) is 0 Å². The average molecular weight is 325 g/mol. The summed E-state index contributed by atoms with van der Waals surface area (Å²) >= 11 is 0. The van der Waals surface area contributed by atoms with Crippen molar-refractivity contribution in [2.24, 2.45) is 10.2 Å². The van der Waals surface area contributed by atoms with Crippen LogP contribution in [0.5, 0.6) is 5.75 Å². The summed E-state index contributed by atoms with van der Waals surface area (Å²) in [6.45, 7) is -0.0814. The number of anilines is 1. The first-order chi connectivity index (χ1) is 10.8. The van der Waals surface area contributed by atoms with Gasteiger partial charge in [-0.15, -0.1) is 10.2 Å². The minimum absolute atomic E-state index is 0.0350. The van der Waals surface area contributed by atoms with Crippen LogP contribution in [-0.4, -0.2) is 16.8 Å². The summed E-state index contributed by atoms with van der Waals surface area (Å²) in [5.74, 6) is -0.180. The Morgan fingerprint density at radius 1 is 1.00 bits per heavy atom. The molecule has 0 heterocycles. The molecule has 0 spiro atoms. The minimum Gasteiger partial charge on any atom is -0.506 e. The number of aliphatic hydroxyl groups is 1. The van der Waals surface area contributed by atoms with Gasteiger partial charge in [0.05, 0.1) is 11.3 Å². The molecule has 8 heteroatoms. The van der Waals surface area contributed by atoms with E-state index >= 15 is 0 Å². The number of alkyl halides is 3. The summed E-state index contributed by atoms with van der Waals surface area (Å²) in [6, 6.07) is 7.19. The lowest BCUT2D eigenvalue weighted by Gasteiger charge is -2.08. The molecular weight excluding hydrogens is 311 g/mol. The molecule has 2 aromatic rings. The molecule has 0 bridgehead atoms. The molecule has 0 radical (unpaired) electrons. The highest BCUT2D eigenvalue weighted by Gasteiger charge is 2.30. The van der Waals surface area contributed by atoms with Crippen molar-refractivity contribution in [2.45, 2.75) is 12.6 Å². The van der Waals surface area contributed by atoms with Gasteiger partial charge in [-0.05, 0) is 42.3 Å². The lowest BCUT2D eigenvalue weighted by molar-refractivity contribution is -0.137. The Hall–Kier alpha value is -2.61. The molecule has 0 aromatic heterocycles. The van der Waals surface area contributed by atoms with Crippen LogP contribution in [0.15, 0.2) is 46.6 Å². The van der Waals surface area contributed by atoms with Gasteiger partial charge in [-0.2, -0.15) is 13.2 Å². The Bertz CT molecular complexity index is 730. The molecule has 0 fully saturated rings. The fourth-order valence-electron chi connectivity index (χ4n) is 1.85. The molecule has 0 aliphatic carbocycles. The topological polar surface area (TPSA) is 91.2 Å². The third-order valence-electron chi connectivity index (χ3n) is 3.06. The van der Waals surface area contributed by atoms with E-state index in [0.29, 0.717) is 12.0 Å². The van der Waals surface area contributed by atoms with Crippen molar-refractivity contribution in [3.63, 3.8) is 0 Å². The van der Waals surface area contributed by atoms with Crippen molar-refractivity contribution in [1.82, 2.24) is 0 Å². The number of phenols is 1. The van der Waals surface area contributed by atoms with Crippen LogP contribution < -0.4 is 5.73 Å². The van der Waals surface area contributed by atoms with E-state index in [2.05, 4.69) is 10.2 Å². The van der Waals surface area contributed by atoms with E-state index in [1.807, 2.05) is 0 Å². The molecule has 0 atom stereocenters. The van der Waals surface area contributed by atoms with Crippen molar-refractivity contribution in [1.29, 1.82) is 0 Å². The summed E-state index contributed by atoms with van der Waals surface area (Å²) in [5, 5.41) is 26.0. The maximum Gasteiger partial charge on any atom is 0.416 e. The van der Waals surface area contributed by atoms with E-state index in [4.69, 9.17) is 10.8 Å².